The smallest absolute Gasteiger partial charge is 0.421 e. The van der Waals surface area contributed by atoms with Gasteiger partial charge in [0.15, 0.2) is 0 Å². The standard InChI is InChI=1S/C7H7F3O2/c1-4-2-3-12-5(4)6(11)7(8,9)10/h2-3,6,11H,1H3/t6-/m1/s1. The van der Waals surface area contributed by atoms with E-state index in [4.69, 9.17) is 5.11 Å². The molecule has 0 aliphatic carbocycles. The fraction of sp³-hybridized carbons (Fsp3) is 0.429. The van der Waals surface area contributed by atoms with E-state index in [0.29, 0.717) is 5.56 Å². The van der Waals surface area contributed by atoms with Crippen LogP contribution in [-0.4, -0.2) is 11.3 Å². The number of alkyl halides is 3. The molecule has 0 saturated heterocycles. The summed E-state index contributed by atoms with van der Waals surface area (Å²) in [5, 5.41) is 8.71. The fourth-order valence-corrected chi connectivity index (χ4v) is 0.813. The Balaban J connectivity index is 2.92. The molecule has 1 atom stereocenters. The van der Waals surface area contributed by atoms with Gasteiger partial charge in [0, 0.05) is 0 Å². The predicted molar refractivity (Wildman–Crippen MR) is 34.5 cm³/mol. The van der Waals surface area contributed by atoms with Crippen LogP contribution >= 0.6 is 0 Å². The highest BCUT2D eigenvalue weighted by Crippen LogP contribution is 2.34. The maximum absolute atomic E-state index is 11.9. The summed E-state index contributed by atoms with van der Waals surface area (Å²) in [7, 11) is 0. The van der Waals surface area contributed by atoms with Crippen molar-refractivity contribution in [1.82, 2.24) is 0 Å². The zero-order valence-corrected chi connectivity index (χ0v) is 6.22. The first-order valence-corrected chi connectivity index (χ1v) is 3.21. The molecule has 12 heavy (non-hydrogen) atoms. The molecular weight excluding hydrogens is 173 g/mol. The van der Waals surface area contributed by atoms with Gasteiger partial charge >= 0.3 is 6.18 Å². The lowest BCUT2D eigenvalue weighted by molar-refractivity contribution is -0.211. The van der Waals surface area contributed by atoms with Crippen LogP contribution in [0.1, 0.15) is 17.4 Å². The average molecular weight is 180 g/mol. The van der Waals surface area contributed by atoms with Gasteiger partial charge in [-0.15, -0.1) is 0 Å². The zero-order valence-electron chi connectivity index (χ0n) is 6.22. The molecule has 1 N–H and O–H groups in total. The first kappa shape index (κ1) is 9.12. The summed E-state index contributed by atoms with van der Waals surface area (Å²) in [5.74, 6) is -0.442. The van der Waals surface area contributed by atoms with Gasteiger partial charge in [-0.1, -0.05) is 0 Å². The quantitative estimate of drug-likeness (QED) is 0.718. The maximum Gasteiger partial charge on any atom is 0.421 e. The van der Waals surface area contributed by atoms with Gasteiger partial charge in [0.25, 0.3) is 0 Å². The third-order valence-corrected chi connectivity index (χ3v) is 1.46. The monoisotopic (exact) mass is 180 g/mol. The minimum atomic E-state index is -4.66. The Kier molecular flexibility index (Phi) is 2.14. The summed E-state index contributed by atoms with van der Waals surface area (Å²) >= 11 is 0. The number of aliphatic hydroxyl groups excluding tert-OH is 1. The summed E-state index contributed by atoms with van der Waals surface area (Å²) in [5.41, 5.74) is 0.292. The molecule has 0 bridgehead atoms. The van der Waals surface area contributed by atoms with Gasteiger partial charge in [0.2, 0.25) is 6.10 Å². The van der Waals surface area contributed by atoms with Gasteiger partial charge in [-0.25, -0.2) is 0 Å². The SMILES string of the molecule is Cc1ccoc1[C@@H](O)C(F)(F)F. The van der Waals surface area contributed by atoms with E-state index in [-0.39, 0.29) is 0 Å². The Labute approximate surface area is 66.6 Å². The van der Waals surface area contributed by atoms with Crippen molar-refractivity contribution in [2.45, 2.75) is 19.2 Å². The second kappa shape index (κ2) is 2.82. The maximum atomic E-state index is 11.9. The number of furan rings is 1. The molecule has 68 valence electrons. The van der Waals surface area contributed by atoms with Crippen molar-refractivity contribution in [1.29, 1.82) is 0 Å². The molecular formula is C7H7F3O2. The van der Waals surface area contributed by atoms with E-state index in [1.165, 1.54) is 13.0 Å². The van der Waals surface area contributed by atoms with Crippen LogP contribution in [0.15, 0.2) is 16.7 Å². The van der Waals surface area contributed by atoms with Crippen molar-refractivity contribution in [2.24, 2.45) is 0 Å². The molecule has 1 aromatic heterocycles. The van der Waals surface area contributed by atoms with Crippen LogP contribution < -0.4 is 0 Å². The summed E-state index contributed by atoms with van der Waals surface area (Å²) in [6.07, 6.45) is -6.07. The highest BCUT2D eigenvalue weighted by molar-refractivity contribution is 5.17. The van der Waals surface area contributed by atoms with Crippen LogP contribution in [0.5, 0.6) is 0 Å². The molecule has 1 aromatic rings. The van der Waals surface area contributed by atoms with Crippen molar-refractivity contribution in [3.05, 3.63) is 23.7 Å². The Morgan fingerprint density at radius 3 is 2.42 bits per heavy atom. The number of hydrogen-bond acceptors (Lipinski definition) is 2. The number of rotatable bonds is 1. The molecule has 1 rings (SSSR count). The Bertz CT molecular complexity index is 264. The van der Waals surface area contributed by atoms with Crippen LogP contribution in [-0.2, 0) is 0 Å². The molecule has 0 saturated carbocycles. The second-order valence-electron chi connectivity index (χ2n) is 2.41. The summed E-state index contributed by atoms with van der Waals surface area (Å²) in [6.45, 7) is 1.44. The van der Waals surface area contributed by atoms with Crippen molar-refractivity contribution in [3.63, 3.8) is 0 Å². The van der Waals surface area contributed by atoms with Gasteiger partial charge in [-0.05, 0) is 18.6 Å². The van der Waals surface area contributed by atoms with Crippen molar-refractivity contribution < 1.29 is 22.7 Å². The van der Waals surface area contributed by atoms with Crippen LogP contribution in [0.2, 0.25) is 0 Å². The third-order valence-electron chi connectivity index (χ3n) is 1.46. The number of aryl methyl sites for hydroxylation is 1. The van der Waals surface area contributed by atoms with E-state index in [1.54, 1.807) is 0 Å². The van der Waals surface area contributed by atoms with Gasteiger partial charge < -0.3 is 9.52 Å². The second-order valence-corrected chi connectivity index (χ2v) is 2.41. The summed E-state index contributed by atoms with van der Waals surface area (Å²) in [6, 6.07) is 1.37. The van der Waals surface area contributed by atoms with Gasteiger partial charge in [-0.3, -0.25) is 0 Å². The van der Waals surface area contributed by atoms with E-state index in [0.717, 1.165) is 6.26 Å². The Morgan fingerprint density at radius 1 is 1.50 bits per heavy atom. The largest absolute Gasteiger partial charge is 0.466 e. The topological polar surface area (TPSA) is 33.4 Å². The lowest BCUT2D eigenvalue weighted by Crippen LogP contribution is -2.20. The molecule has 5 heteroatoms. The number of hydrogen-bond donors (Lipinski definition) is 1. The molecule has 0 unspecified atom stereocenters. The molecule has 2 nitrogen and oxygen atoms in total. The fourth-order valence-electron chi connectivity index (χ4n) is 0.813. The van der Waals surface area contributed by atoms with Crippen molar-refractivity contribution in [2.75, 3.05) is 0 Å². The van der Waals surface area contributed by atoms with E-state index >= 15 is 0 Å². The predicted octanol–water partition coefficient (Wildman–Crippen LogP) is 2.18. The highest BCUT2D eigenvalue weighted by Gasteiger charge is 2.42. The molecule has 0 fully saturated rings. The first-order valence-electron chi connectivity index (χ1n) is 3.21. The minimum absolute atomic E-state index is 0.292. The first-order chi connectivity index (χ1) is 5.43. The van der Waals surface area contributed by atoms with Crippen LogP contribution in [0.3, 0.4) is 0 Å². The van der Waals surface area contributed by atoms with E-state index in [1.807, 2.05) is 0 Å². The molecule has 0 amide bonds. The van der Waals surface area contributed by atoms with Gasteiger partial charge in [0.05, 0.1) is 6.26 Å². The molecule has 0 spiro atoms. The van der Waals surface area contributed by atoms with E-state index in [9.17, 15) is 13.2 Å². The van der Waals surface area contributed by atoms with Crippen LogP contribution in [0, 0.1) is 6.92 Å². The summed E-state index contributed by atoms with van der Waals surface area (Å²) < 4.78 is 40.1. The molecule has 0 aliphatic rings. The van der Waals surface area contributed by atoms with Crippen LogP contribution in [0.25, 0.3) is 0 Å². The third kappa shape index (κ3) is 1.61. The Morgan fingerprint density at radius 2 is 2.08 bits per heavy atom. The lowest BCUT2D eigenvalue weighted by Gasteiger charge is -2.12. The van der Waals surface area contributed by atoms with Gasteiger partial charge in [-0.2, -0.15) is 13.2 Å². The summed E-state index contributed by atoms with van der Waals surface area (Å²) in [4.78, 5) is 0. The molecule has 0 aromatic carbocycles. The lowest BCUT2D eigenvalue weighted by atomic mass is 10.2. The number of aliphatic hydroxyl groups is 1. The van der Waals surface area contributed by atoms with Gasteiger partial charge in [0.1, 0.15) is 5.76 Å². The number of halogens is 3. The van der Waals surface area contributed by atoms with Crippen LogP contribution in [0.4, 0.5) is 13.2 Å². The van der Waals surface area contributed by atoms with E-state index < -0.39 is 18.0 Å². The highest BCUT2D eigenvalue weighted by atomic mass is 19.4. The molecule has 0 radical (unpaired) electrons. The molecule has 1 heterocycles. The van der Waals surface area contributed by atoms with Crippen molar-refractivity contribution >= 4 is 0 Å². The Hall–Kier alpha value is -0.970. The zero-order chi connectivity index (χ0) is 9.35. The minimum Gasteiger partial charge on any atom is -0.466 e. The molecule has 0 aliphatic heterocycles. The van der Waals surface area contributed by atoms with E-state index in [2.05, 4.69) is 4.42 Å². The van der Waals surface area contributed by atoms with Crippen molar-refractivity contribution in [3.8, 4) is 0 Å². The average Bonchev–Trinajstić information content (AvgIpc) is 2.31. The normalized spacial score (nSPS) is 14.8.